The minimum absolute atomic E-state index is 0.104. The van der Waals surface area contributed by atoms with Crippen LogP contribution in [0.15, 0.2) is 76.9 Å². The molecule has 0 aliphatic carbocycles. The number of nitrogens with zero attached hydrogens (tertiary/aromatic N) is 4. The van der Waals surface area contributed by atoms with Crippen molar-refractivity contribution in [2.75, 3.05) is 36.4 Å². The third kappa shape index (κ3) is 5.51. The fourth-order valence-corrected chi connectivity index (χ4v) is 5.58. The molecular weight excluding hydrogens is 484 g/mol. The van der Waals surface area contributed by atoms with Gasteiger partial charge < -0.3 is 10.2 Å². The molecule has 1 aliphatic heterocycles. The molecule has 0 saturated carbocycles. The van der Waals surface area contributed by atoms with Crippen LogP contribution in [-0.4, -0.2) is 60.5 Å². The molecule has 4 rings (SSSR count). The topological polar surface area (TPSA) is 95.5 Å². The normalized spacial score (nSPS) is 14.9. The summed E-state index contributed by atoms with van der Waals surface area (Å²) in [7, 11) is -3.71. The van der Waals surface area contributed by atoms with Crippen LogP contribution in [0.25, 0.3) is 0 Å². The maximum atomic E-state index is 13.1. The minimum atomic E-state index is -3.71. The van der Waals surface area contributed by atoms with Gasteiger partial charge in [-0.25, -0.2) is 13.4 Å². The molecule has 0 unspecified atom stereocenters. The first-order valence-corrected chi connectivity index (χ1v) is 12.6. The van der Waals surface area contributed by atoms with E-state index < -0.39 is 21.7 Å². The number of nitrogens with one attached hydrogen (secondary N) is 1. The first-order valence-electron chi connectivity index (χ1n) is 10.3. The number of halogens is 2. The zero-order valence-electron chi connectivity index (χ0n) is 17.8. The van der Waals surface area contributed by atoms with Crippen LogP contribution < -0.4 is 10.2 Å². The Morgan fingerprint density at radius 2 is 1.71 bits per heavy atom. The van der Waals surface area contributed by atoms with Crippen molar-refractivity contribution in [3.8, 4) is 0 Å². The number of hydrogen-bond donors (Lipinski definition) is 1. The summed E-state index contributed by atoms with van der Waals surface area (Å²) in [6.07, 6.45) is 4.81. The Morgan fingerprint density at radius 3 is 2.35 bits per heavy atom. The molecule has 0 spiro atoms. The van der Waals surface area contributed by atoms with Gasteiger partial charge in [0, 0.05) is 49.2 Å². The number of sulfonamides is 1. The largest absolute Gasteiger partial charge is 0.353 e. The van der Waals surface area contributed by atoms with Crippen molar-refractivity contribution >= 4 is 39.2 Å². The second kappa shape index (κ2) is 10.5. The smallest absolute Gasteiger partial charge is 0.288 e. The number of rotatable bonds is 7. The van der Waals surface area contributed by atoms with Gasteiger partial charge in [0.15, 0.2) is 0 Å². The first-order chi connectivity index (χ1) is 16.3. The minimum Gasteiger partial charge on any atom is -0.353 e. The van der Waals surface area contributed by atoms with E-state index in [0.717, 1.165) is 0 Å². The van der Waals surface area contributed by atoms with Crippen molar-refractivity contribution in [1.29, 1.82) is 0 Å². The molecule has 34 heavy (non-hydrogen) atoms. The number of carbonyl (C=O) groups excluding carboxylic acids is 1. The molecule has 1 aromatic heterocycles. The molecule has 1 amide bonds. The van der Waals surface area contributed by atoms with Gasteiger partial charge in [0.25, 0.3) is 11.7 Å². The molecule has 3 aromatic rings. The Balaban J connectivity index is 1.41. The molecule has 1 saturated heterocycles. The highest BCUT2D eigenvalue weighted by atomic mass is 32.2. The molecule has 2 heterocycles. The lowest BCUT2D eigenvalue weighted by Gasteiger charge is -2.34. The van der Waals surface area contributed by atoms with Crippen LogP contribution in [0.1, 0.15) is 10.4 Å². The molecule has 2 aromatic carbocycles. The van der Waals surface area contributed by atoms with Crippen molar-refractivity contribution in [2.45, 2.75) is 15.5 Å². The average molecular weight is 506 g/mol. The standard InChI is InChI=1S/C22H21F2N5O3S2/c23-22(24)33-19-4-2-1-3-18(19)21(30)27-16-5-7-17(8-6-16)34(31,32)29-13-11-28(12-14-29)20-15-25-9-10-26-20/h1-10,15,22H,11-14H2,(H,27,30). The summed E-state index contributed by atoms with van der Waals surface area (Å²) in [6.45, 7) is 1.58. The van der Waals surface area contributed by atoms with Gasteiger partial charge in [-0.05, 0) is 36.4 Å². The van der Waals surface area contributed by atoms with Crippen LogP contribution in [0.5, 0.6) is 0 Å². The van der Waals surface area contributed by atoms with E-state index in [9.17, 15) is 22.0 Å². The highest BCUT2D eigenvalue weighted by Crippen LogP contribution is 2.29. The van der Waals surface area contributed by atoms with E-state index in [1.54, 1.807) is 30.7 Å². The van der Waals surface area contributed by atoms with Gasteiger partial charge in [-0.2, -0.15) is 13.1 Å². The van der Waals surface area contributed by atoms with Gasteiger partial charge >= 0.3 is 0 Å². The lowest BCUT2D eigenvalue weighted by atomic mass is 10.2. The lowest BCUT2D eigenvalue weighted by Crippen LogP contribution is -2.48. The maximum Gasteiger partial charge on any atom is 0.288 e. The summed E-state index contributed by atoms with van der Waals surface area (Å²) in [6, 6.07) is 11.9. The van der Waals surface area contributed by atoms with Crippen LogP contribution in [0.4, 0.5) is 20.3 Å². The third-order valence-electron chi connectivity index (χ3n) is 5.21. The van der Waals surface area contributed by atoms with Gasteiger partial charge in [-0.15, -0.1) is 0 Å². The van der Waals surface area contributed by atoms with E-state index in [-0.39, 0.29) is 15.4 Å². The van der Waals surface area contributed by atoms with Crippen LogP contribution in [-0.2, 0) is 10.0 Å². The van der Waals surface area contributed by atoms with Crippen LogP contribution in [0.3, 0.4) is 0 Å². The summed E-state index contributed by atoms with van der Waals surface area (Å²) in [5.74, 6) is -2.51. The van der Waals surface area contributed by atoms with E-state index in [1.807, 2.05) is 4.90 Å². The molecule has 1 aliphatic rings. The predicted octanol–water partition coefficient (Wildman–Crippen LogP) is 3.55. The third-order valence-corrected chi connectivity index (χ3v) is 7.91. The van der Waals surface area contributed by atoms with Crippen molar-refractivity contribution in [1.82, 2.24) is 14.3 Å². The van der Waals surface area contributed by atoms with Gasteiger partial charge in [0.1, 0.15) is 5.82 Å². The van der Waals surface area contributed by atoms with Gasteiger partial charge in [0.05, 0.1) is 16.7 Å². The van der Waals surface area contributed by atoms with Gasteiger partial charge in [0.2, 0.25) is 10.0 Å². The Labute approximate surface area is 200 Å². The number of carbonyl (C=O) groups is 1. The summed E-state index contributed by atoms with van der Waals surface area (Å²) < 4.78 is 53.1. The number of anilines is 2. The SMILES string of the molecule is O=C(Nc1ccc(S(=O)(=O)N2CCN(c3cnccn3)CC2)cc1)c1ccccc1SC(F)F. The maximum absolute atomic E-state index is 13.1. The molecular formula is C22H21F2N5O3S2. The second-order valence-electron chi connectivity index (χ2n) is 7.31. The summed E-state index contributed by atoms with van der Waals surface area (Å²) in [5.41, 5.74) is 0.471. The van der Waals surface area contributed by atoms with Crippen molar-refractivity contribution < 1.29 is 22.0 Å². The summed E-state index contributed by atoms with van der Waals surface area (Å²) in [4.78, 5) is 23.1. The molecule has 8 nitrogen and oxygen atoms in total. The van der Waals surface area contributed by atoms with Gasteiger partial charge in [-0.3, -0.25) is 9.78 Å². The fraction of sp³-hybridized carbons (Fsp3) is 0.227. The number of amides is 1. The average Bonchev–Trinajstić information content (AvgIpc) is 2.85. The van der Waals surface area contributed by atoms with E-state index in [1.165, 1.54) is 40.7 Å². The quantitative estimate of drug-likeness (QED) is 0.491. The van der Waals surface area contributed by atoms with Crippen LogP contribution >= 0.6 is 11.8 Å². The van der Waals surface area contributed by atoms with Crippen molar-refractivity contribution in [3.63, 3.8) is 0 Å². The van der Waals surface area contributed by atoms with Crippen LogP contribution in [0, 0.1) is 0 Å². The first kappa shape index (κ1) is 24.0. The Bertz CT molecular complexity index is 1240. The Morgan fingerprint density at radius 1 is 1.00 bits per heavy atom. The van der Waals surface area contributed by atoms with E-state index in [0.29, 0.717) is 49.4 Å². The monoisotopic (exact) mass is 505 g/mol. The molecule has 178 valence electrons. The van der Waals surface area contributed by atoms with E-state index >= 15 is 0 Å². The van der Waals surface area contributed by atoms with Crippen LogP contribution in [0.2, 0.25) is 0 Å². The molecule has 1 N–H and O–H groups in total. The van der Waals surface area contributed by atoms with E-state index in [2.05, 4.69) is 15.3 Å². The Hall–Kier alpha value is -3.09. The lowest BCUT2D eigenvalue weighted by molar-refractivity contribution is 0.102. The molecule has 0 bridgehead atoms. The highest BCUT2D eigenvalue weighted by Gasteiger charge is 2.29. The van der Waals surface area contributed by atoms with Crippen molar-refractivity contribution in [3.05, 3.63) is 72.7 Å². The molecule has 1 fully saturated rings. The number of piperazine rings is 1. The number of thioether (sulfide) groups is 1. The summed E-state index contributed by atoms with van der Waals surface area (Å²) in [5, 5.41) is 2.63. The van der Waals surface area contributed by atoms with E-state index in [4.69, 9.17) is 0 Å². The number of aromatic nitrogens is 2. The molecule has 0 radical (unpaired) electrons. The van der Waals surface area contributed by atoms with Gasteiger partial charge in [-0.1, -0.05) is 23.9 Å². The summed E-state index contributed by atoms with van der Waals surface area (Å²) >= 11 is 0.294. The number of alkyl halides is 2. The molecule has 12 heteroatoms. The fourth-order valence-electron chi connectivity index (χ4n) is 3.52. The Kier molecular flexibility index (Phi) is 7.39. The zero-order valence-corrected chi connectivity index (χ0v) is 19.5. The zero-order chi connectivity index (χ0) is 24.1. The highest BCUT2D eigenvalue weighted by molar-refractivity contribution is 7.99. The number of benzene rings is 2. The van der Waals surface area contributed by atoms with Crippen molar-refractivity contribution in [2.24, 2.45) is 0 Å². The molecule has 0 atom stereocenters. The number of hydrogen-bond acceptors (Lipinski definition) is 7. The second-order valence-corrected chi connectivity index (χ2v) is 10.3. The predicted molar refractivity (Wildman–Crippen MR) is 126 cm³/mol.